The van der Waals surface area contributed by atoms with Crippen molar-refractivity contribution < 1.29 is 23.1 Å². The van der Waals surface area contributed by atoms with Crippen LogP contribution in [0.3, 0.4) is 0 Å². The molecule has 18 heavy (non-hydrogen) atoms. The van der Waals surface area contributed by atoms with E-state index in [-0.39, 0.29) is 0 Å². The molecule has 1 unspecified atom stereocenters. The number of alkyl halides is 2. The van der Waals surface area contributed by atoms with E-state index in [1.807, 2.05) is 19.2 Å². The van der Waals surface area contributed by atoms with Crippen molar-refractivity contribution in [3.63, 3.8) is 0 Å². The van der Waals surface area contributed by atoms with Crippen molar-refractivity contribution in [2.75, 3.05) is 7.05 Å². The Kier molecular flexibility index (Phi) is 6.40. The van der Waals surface area contributed by atoms with Gasteiger partial charge < -0.3 is 10.4 Å². The third-order valence-electron chi connectivity index (χ3n) is 2.13. The molecular weight excluding hydrogens is 247 g/mol. The summed E-state index contributed by atoms with van der Waals surface area (Å²) in [5, 5.41) is 10.6. The molecule has 0 saturated heterocycles. The van der Waals surface area contributed by atoms with Gasteiger partial charge in [0.2, 0.25) is 0 Å². The van der Waals surface area contributed by atoms with E-state index < -0.39 is 29.3 Å². The summed E-state index contributed by atoms with van der Waals surface area (Å²) >= 11 is 0. The molecule has 6 heteroatoms. The van der Waals surface area contributed by atoms with Gasteiger partial charge in [-0.3, -0.25) is 4.79 Å². The van der Waals surface area contributed by atoms with E-state index in [1.54, 1.807) is 0 Å². The Labute approximate surface area is 104 Å². The predicted molar refractivity (Wildman–Crippen MR) is 62.1 cm³/mol. The number of halogens is 3. The lowest BCUT2D eigenvalue weighted by Crippen LogP contribution is -2.47. The average Bonchev–Trinajstić information content (AvgIpc) is 2.32. The molecule has 2 N–H and O–H groups in total. The maximum atomic E-state index is 13.6. The van der Waals surface area contributed by atoms with Crippen molar-refractivity contribution in [3.05, 3.63) is 35.6 Å². The summed E-state index contributed by atoms with van der Waals surface area (Å²) in [7, 11) is 1.12. The molecule has 0 saturated carbocycles. The predicted octanol–water partition coefficient (Wildman–Crippen LogP) is 2.62. The topological polar surface area (TPSA) is 49.3 Å². The number of hydrogen-bond acceptors (Lipinski definition) is 2. The van der Waals surface area contributed by atoms with E-state index in [1.165, 1.54) is 0 Å². The standard InChI is InChI=1S/C10H10F3NO2.C2H6/c1-14-8(9(15)16)10(12,13)6-2-4-7(11)5-3-6;1-2/h2-5,8,14H,1H3,(H,15,16);1-2H3. The normalized spacial score (nSPS) is 12.3. The zero-order valence-electron chi connectivity index (χ0n) is 10.4. The molecule has 1 rings (SSSR count). The number of hydrogen-bond donors (Lipinski definition) is 2. The highest BCUT2D eigenvalue weighted by Crippen LogP contribution is 2.31. The fraction of sp³-hybridized carbons (Fsp3) is 0.417. The maximum Gasteiger partial charge on any atom is 0.327 e. The quantitative estimate of drug-likeness (QED) is 0.878. The largest absolute Gasteiger partial charge is 0.480 e. The summed E-state index contributed by atoms with van der Waals surface area (Å²) < 4.78 is 39.8. The van der Waals surface area contributed by atoms with Gasteiger partial charge >= 0.3 is 5.97 Å². The number of benzene rings is 1. The summed E-state index contributed by atoms with van der Waals surface area (Å²) in [6.45, 7) is 4.00. The van der Waals surface area contributed by atoms with Crippen molar-refractivity contribution in [3.8, 4) is 0 Å². The number of carboxylic acids is 1. The van der Waals surface area contributed by atoms with Crippen molar-refractivity contribution in [2.45, 2.75) is 25.8 Å². The van der Waals surface area contributed by atoms with Crippen LogP contribution < -0.4 is 5.32 Å². The van der Waals surface area contributed by atoms with E-state index in [0.717, 1.165) is 31.3 Å². The van der Waals surface area contributed by atoms with Crippen LogP contribution in [0.5, 0.6) is 0 Å². The monoisotopic (exact) mass is 263 g/mol. The molecule has 1 aromatic rings. The zero-order valence-corrected chi connectivity index (χ0v) is 10.4. The second-order valence-corrected chi connectivity index (χ2v) is 3.19. The molecule has 102 valence electrons. The van der Waals surface area contributed by atoms with E-state index in [9.17, 15) is 18.0 Å². The highest BCUT2D eigenvalue weighted by molar-refractivity contribution is 5.75. The van der Waals surface area contributed by atoms with E-state index in [4.69, 9.17) is 5.11 Å². The van der Waals surface area contributed by atoms with Gasteiger partial charge in [-0.25, -0.2) is 4.39 Å². The second kappa shape index (κ2) is 7.00. The van der Waals surface area contributed by atoms with Crippen LogP contribution in [0.2, 0.25) is 0 Å². The highest BCUT2D eigenvalue weighted by atomic mass is 19.3. The van der Waals surface area contributed by atoms with Crippen LogP contribution in [-0.2, 0) is 10.7 Å². The molecular formula is C12H16F3NO2. The first-order chi connectivity index (χ1) is 8.39. The van der Waals surface area contributed by atoms with Crippen LogP contribution in [0, 0.1) is 5.82 Å². The summed E-state index contributed by atoms with van der Waals surface area (Å²) in [6, 6.07) is 1.40. The molecule has 1 aromatic carbocycles. The fourth-order valence-corrected chi connectivity index (χ4v) is 1.30. The number of carbonyl (C=O) groups is 1. The molecule has 0 heterocycles. The van der Waals surface area contributed by atoms with Crippen LogP contribution >= 0.6 is 0 Å². The van der Waals surface area contributed by atoms with Gasteiger partial charge in [-0.2, -0.15) is 8.78 Å². The molecule has 0 fully saturated rings. The second-order valence-electron chi connectivity index (χ2n) is 3.19. The van der Waals surface area contributed by atoms with Crippen LogP contribution in [-0.4, -0.2) is 24.2 Å². The number of nitrogens with one attached hydrogen (secondary N) is 1. The molecule has 0 aromatic heterocycles. The van der Waals surface area contributed by atoms with Crippen LogP contribution in [0.4, 0.5) is 13.2 Å². The van der Waals surface area contributed by atoms with Crippen molar-refractivity contribution in [1.82, 2.24) is 5.32 Å². The van der Waals surface area contributed by atoms with Gasteiger partial charge in [0.15, 0.2) is 6.04 Å². The van der Waals surface area contributed by atoms with Gasteiger partial charge in [0, 0.05) is 5.56 Å². The number of likely N-dealkylation sites (N-methyl/N-ethyl adjacent to an activating group) is 1. The molecule has 0 aliphatic heterocycles. The lowest BCUT2D eigenvalue weighted by atomic mass is 10.0. The summed E-state index contributed by atoms with van der Waals surface area (Å²) in [5.41, 5.74) is -0.546. The van der Waals surface area contributed by atoms with Gasteiger partial charge in [0.1, 0.15) is 5.82 Å². The minimum absolute atomic E-state index is 0.546. The van der Waals surface area contributed by atoms with E-state index in [0.29, 0.717) is 0 Å². The van der Waals surface area contributed by atoms with Crippen LogP contribution in [0.15, 0.2) is 24.3 Å². The highest BCUT2D eigenvalue weighted by Gasteiger charge is 2.45. The average molecular weight is 263 g/mol. The molecule has 0 radical (unpaired) electrons. The Morgan fingerprint density at radius 3 is 2.06 bits per heavy atom. The molecule has 3 nitrogen and oxygen atoms in total. The minimum atomic E-state index is -3.60. The number of rotatable bonds is 4. The molecule has 1 atom stereocenters. The third kappa shape index (κ3) is 3.73. The molecule has 0 aliphatic rings. The van der Waals surface area contributed by atoms with E-state index >= 15 is 0 Å². The number of aliphatic carboxylic acids is 1. The van der Waals surface area contributed by atoms with Gasteiger partial charge in [-0.1, -0.05) is 26.0 Å². The summed E-state index contributed by atoms with van der Waals surface area (Å²) in [6.07, 6.45) is 0. The molecule has 0 amide bonds. The molecule has 0 spiro atoms. The Morgan fingerprint density at radius 2 is 1.72 bits per heavy atom. The minimum Gasteiger partial charge on any atom is -0.480 e. The SMILES string of the molecule is CC.CNC(C(=O)O)C(F)(F)c1ccc(F)cc1. The first kappa shape index (κ1) is 16.4. The van der Waals surface area contributed by atoms with Gasteiger partial charge in [0.25, 0.3) is 5.92 Å². The Bertz CT molecular complexity index is 379. The third-order valence-corrected chi connectivity index (χ3v) is 2.13. The van der Waals surface area contributed by atoms with Crippen molar-refractivity contribution in [1.29, 1.82) is 0 Å². The smallest absolute Gasteiger partial charge is 0.327 e. The number of carboxylic acid groups (broad SMARTS) is 1. The Morgan fingerprint density at radius 1 is 1.28 bits per heavy atom. The first-order valence-electron chi connectivity index (χ1n) is 5.43. The fourth-order valence-electron chi connectivity index (χ4n) is 1.30. The van der Waals surface area contributed by atoms with Gasteiger partial charge in [0.05, 0.1) is 0 Å². The zero-order chi connectivity index (χ0) is 14.3. The summed E-state index contributed by atoms with van der Waals surface area (Å²) in [5.74, 6) is -5.93. The van der Waals surface area contributed by atoms with E-state index in [2.05, 4.69) is 0 Å². The van der Waals surface area contributed by atoms with Crippen molar-refractivity contribution >= 4 is 5.97 Å². The Hall–Kier alpha value is -1.56. The first-order valence-corrected chi connectivity index (χ1v) is 5.43. The maximum absolute atomic E-state index is 13.6. The van der Waals surface area contributed by atoms with Crippen LogP contribution in [0.1, 0.15) is 19.4 Å². The molecule has 0 aliphatic carbocycles. The molecule has 0 bridgehead atoms. The van der Waals surface area contributed by atoms with Gasteiger partial charge in [-0.15, -0.1) is 0 Å². The van der Waals surface area contributed by atoms with Gasteiger partial charge in [-0.05, 0) is 19.2 Å². The lowest BCUT2D eigenvalue weighted by molar-refractivity contribution is -0.151. The van der Waals surface area contributed by atoms with Crippen LogP contribution in [0.25, 0.3) is 0 Å². The lowest BCUT2D eigenvalue weighted by Gasteiger charge is -2.23. The Balaban J connectivity index is 0.00000137. The summed E-state index contributed by atoms with van der Waals surface area (Å²) in [4.78, 5) is 10.6. The van der Waals surface area contributed by atoms with Crippen molar-refractivity contribution in [2.24, 2.45) is 0 Å².